The molecule has 0 atom stereocenters. The van der Waals surface area contributed by atoms with Crippen molar-refractivity contribution >= 4 is 17.4 Å². The second-order valence-electron chi connectivity index (χ2n) is 6.51. The molecule has 0 unspecified atom stereocenters. The van der Waals surface area contributed by atoms with Crippen LogP contribution in [0.25, 0.3) is 5.69 Å². The molecule has 138 valence electrons. The van der Waals surface area contributed by atoms with Crippen molar-refractivity contribution in [2.45, 2.75) is 39.0 Å². The summed E-state index contributed by atoms with van der Waals surface area (Å²) in [6.45, 7) is 2.60. The summed E-state index contributed by atoms with van der Waals surface area (Å²) >= 11 is 6.17. The van der Waals surface area contributed by atoms with Crippen LogP contribution in [0.15, 0.2) is 41.0 Å². The van der Waals surface area contributed by atoms with Gasteiger partial charge in [-0.1, -0.05) is 23.3 Å². The number of halogens is 1. The van der Waals surface area contributed by atoms with E-state index in [0.717, 1.165) is 18.4 Å². The lowest BCUT2D eigenvalue weighted by atomic mass is 9.97. The van der Waals surface area contributed by atoms with Gasteiger partial charge < -0.3 is 10.1 Å². The van der Waals surface area contributed by atoms with Gasteiger partial charge in [0.15, 0.2) is 5.82 Å². The molecule has 1 aliphatic carbocycles. The molecule has 0 amide bonds. The summed E-state index contributed by atoms with van der Waals surface area (Å²) in [4.78, 5) is 17.1. The number of hydrogen-bond acceptors (Lipinski definition) is 4. The second-order valence-corrected chi connectivity index (χ2v) is 6.92. The first-order valence-corrected chi connectivity index (χ1v) is 9.32. The predicted molar refractivity (Wildman–Crippen MR) is 106 cm³/mol. The molecule has 1 heterocycles. The lowest BCUT2D eigenvalue weighted by Gasteiger charge is -2.15. The largest absolute Gasteiger partial charge is 0.495 e. The van der Waals surface area contributed by atoms with Gasteiger partial charge in [0.1, 0.15) is 5.75 Å². The first kappa shape index (κ1) is 18.5. The van der Waals surface area contributed by atoms with E-state index in [4.69, 9.17) is 16.3 Å². The molecule has 0 bridgehead atoms. The summed E-state index contributed by atoms with van der Waals surface area (Å²) in [6, 6.07) is 3.57. The minimum Gasteiger partial charge on any atom is -0.495 e. The number of hydrogen-bond donors (Lipinski definition) is 1. The van der Waals surface area contributed by atoms with E-state index in [1.165, 1.54) is 29.4 Å². The molecular formula is C20H24ClN3O2. The van der Waals surface area contributed by atoms with Crippen molar-refractivity contribution in [1.29, 1.82) is 0 Å². The van der Waals surface area contributed by atoms with Gasteiger partial charge in [-0.25, -0.2) is 4.98 Å². The topological polar surface area (TPSA) is 56.1 Å². The number of aromatic nitrogens is 2. The number of allylic oxidation sites excluding steroid dienone is 1. The number of methoxy groups -OCH3 is 1. The highest BCUT2D eigenvalue weighted by Gasteiger charge is 2.13. The Morgan fingerprint density at radius 3 is 2.92 bits per heavy atom. The van der Waals surface area contributed by atoms with E-state index < -0.39 is 0 Å². The molecule has 1 N–H and O–H groups in total. The quantitative estimate of drug-likeness (QED) is 0.757. The number of anilines is 1. The van der Waals surface area contributed by atoms with E-state index in [0.29, 0.717) is 28.8 Å². The zero-order chi connectivity index (χ0) is 18.5. The van der Waals surface area contributed by atoms with Crippen molar-refractivity contribution in [3.8, 4) is 11.4 Å². The van der Waals surface area contributed by atoms with Gasteiger partial charge in [-0.3, -0.25) is 9.36 Å². The summed E-state index contributed by atoms with van der Waals surface area (Å²) in [7, 11) is 1.56. The van der Waals surface area contributed by atoms with Gasteiger partial charge in [0.2, 0.25) is 0 Å². The second kappa shape index (κ2) is 8.41. The number of aryl methyl sites for hydroxylation is 1. The molecule has 0 aliphatic heterocycles. The Bertz CT molecular complexity index is 874. The van der Waals surface area contributed by atoms with Crippen LogP contribution in [-0.2, 0) is 0 Å². The Morgan fingerprint density at radius 2 is 2.19 bits per heavy atom. The molecule has 0 saturated carbocycles. The third kappa shape index (κ3) is 4.10. The number of ether oxygens (including phenoxy) is 1. The van der Waals surface area contributed by atoms with Crippen LogP contribution in [-0.4, -0.2) is 23.2 Å². The van der Waals surface area contributed by atoms with Crippen LogP contribution in [0.4, 0.5) is 5.82 Å². The summed E-state index contributed by atoms with van der Waals surface area (Å²) in [5, 5.41) is 3.79. The van der Waals surface area contributed by atoms with E-state index in [2.05, 4.69) is 16.4 Å². The third-order valence-electron chi connectivity index (χ3n) is 4.68. The van der Waals surface area contributed by atoms with Crippen molar-refractivity contribution < 1.29 is 4.74 Å². The molecule has 0 saturated heterocycles. The van der Waals surface area contributed by atoms with Crippen LogP contribution in [0.5, 0.6) is 5.75 Å². The van der Waals surface area contributed by atoms with E-state index in [1.807, 2.05) is 13.0 Å². The highest BCUT2D eigenvalue weighted by molar-refractivity contribution is 6.31. The van der Waals surface area contributed by atoms with Crippen LogP contribution in [0.1, 0.15) is 37.7 Å². The van der Waals surface area contributed by atoms with E-state index in [-0.39, 0.29) is 5.56 Å². The molecule has 0 radical (unpaired) electrons. The number of nitrogens with one attached hydrogen (secondary N) is 1. The van der Waals surface area contributed by atoms with Gasteiger partial charge in [0, 0.05) is 30.0 Å². The first-order valence-electron chi connectivity index (χ1n) is 8.94. The monoisotopic (exact) mass is 373 g/mol. The van der Waals surface area contributed by atoms with Gasteiger partial charge in [0.05, 0.1) is 12.8 Å². The van der Waals surface area contributed by atoms with Gasteiger partial charge in [0.25, 0.3) is 5.56 Å². The molecule has 1 aromatic heterocycles. The maximum Gasteiger partial charge on any atom is 0.297 e. The Hall–Kier alpha value is -2.27. The normalized spacial score (nSPS) is 14.0. The fourth-order valence-corrected chi connectivity index (χ4v) is 3.35. The number of rotatable bonds is 6. The zero-order valence-electron chi connectivity index (χ0n) is 15.2. The Kier molecular flexibility index (Phi) is 5.99. The molecule has 0 spiro atoms. The molecule has 5 nitrogen and oxygen atoms in total. The number of benzene rings is 1. The van der Waals surface area contributed by atoms with Crippen LogP contribution in [0, 0.1) is 6.92 Å². The van der Waals surface area contributed by atoms with Crippen molar-refractivity contribution in [1.82, 2.24) is 9.55 Å². The fourth-order valence-electron chi connectivity index (χ4n) is 3.20. The van der Waals surface area contributed by atoms with Crippen molar-refractivity contribution in [2.24, 2.45) is 0 Å². The van der Waals surface area contributed by atoms with Crippen LogP contribution >= 0.6 is 11.6 Å². The molecule has 1 aromatic carbocycles. The minimum absolute atomic E-state index is 0.204. The first-order chi connectivity index (χ1) is 12.6. The van der Waals surface area contributed by atoms with Gasteiger partial charge in [-0.15, -0.1) is 0 Å². The van der Waals surface area contributed by atoms with Gasteiger partial charge >= 0.3 is 0 Å². The molecular weight excluding hydrogens is 350 g/mol. The highest BCUT2D eigenvalue weighted by atomic mass is 35.5. The van der Waals surface area contributed by atoms with E-state index in [1.54, 1.807) is 25.6 Å². The van der Waals surface area contributed by atoms with Crippen LogP contribution in [0.3, 0.4) is 0 Å². The Labute approximate surface area is 158 Å². The van der Waals surface area contributed by atoms with Crippen molar-refractivity contribution in [3.63, 3.8) is 0 Å². The molecule has 0 fully saturated rings. The molecule has 2 aromatic rings. The average molecular weight is 374 g/mol. The van der Waals surface area contributed by atoms with Crippen molar-refractivity contribution in [3.05, 3.63) is 57.1 Å². The standard InChI is InChI=1S/C20H24ClN3O2/c1-14-12-17(18(26-2)13-16(14)21)24-11-10-23-19(20(24)25)22-9-8-15-6-4-3-5-7-15/h6,10-13H,3-5,7-9H2,1-2H3,(H,22,23). The SMILES string of the molecule is COc1cc(Cl)c(C)cc1-n1ccnc(NCCC2=CCCCC2)c1=O. The maximum atomic E-state index is 12.9. The lowest BCUT2D eigenvalue weighted by molar-refractivity contribution is 0.412. The maximum absolute atomic E-state index is 12.9. The smallest absolute Gasteiger partial charge is 0.297 e. The Balaban J connectivity index is 1.82. The lowest BCUT2D eigenvalue weighted by Crippen LogP contribution is -2.24. The van der Waals surface area contributed by atoms with Crippen LogP contribution in [0.2, 0.25) is 5.02 Å². The summed E-state index contributed by atoms with van der Waals surface area (Å²) in [5.41, 5.74) is 2.80. The minimum atomic E-state index is -0.204. The van der Waals surface area contributed by atoms with Gasteiger partial charge in [-0.05, 0) is 50.7 Å². The van der Waals surface area contributed by atoms with E-state index >= 15 is 0 Å². The summed E-state index contributed by atoms with van der Waals surface area (Å²) in [5.74, 6) is 0.894. The number of nitrogens with zero attached hydrogens (tertiary/aromatic N) is 2. The summed E-state index contributed by atoms with van der Waals surface area (Å²) in [6.07, 6.45) is 11.4. The Morgan fingerprint density at radius 1 is 1.35 bits per heavy atom. The molecule has 26 heavy (non-hydrogen) atoms. The summed E-state index contributed by atoms with van der Waals surface area (Å²) < 4.78 is 6.94. The molecule has 3 rings (SSSR count). The zero-order valence-corrected chi connectivity index (χ0v) is 16.0. The third-order valence-corrected chi connectivity index (χ3v) is 5.09. The predicted octanol–water partition coefficient (Wildman–Crippen LogP) is 4.51. The van der Waals surface area contributed by atoms with E-state index in [9.17, 15) is 4.79 Å². The molecule has 1 aliphatic rings. The van der Waals surface area contributed by atoms with Crippen LogP contribution < -0.4 is 15.6 Å². The highest BCUT2D eigenvalue weighted by Crippen LogP contribution is 2.29. The average Bonchev–Trinajstić information content (AvgIpc) is 2.66. The van der Waals surface area contributed by atoms with Crippen molar-refractivity contribution in [2.75, 3.05) is 19.0 Å². The molecule has 6 heteroatoms. The fraction of sp³-hybridized carbons (Fsp3) is 0.400. The van der Waals surface area contributed by atoms with Gasteiger partial charge in [-0.2, -0.15) is 0 Å².